The number of amides is 1. The lowest BCUT2D eigenvalue weighted by Gasteiger charge is -2.19. The van der Waals surface area contributed by atoms with Crippen molar-refractivity contribution in [2.75, 3.05) is 5.32 Å². The Labute approximate surface area is 154 Å². The van der Waals surface area contributed by atoms with E-state index in [1.807, 2.05) is 42.5 Å². The number of benzene rings is 2. The Morgan fingerprint density at radius 3 is 3.07 bits per heavy atom. The van der Waals surface area contributed by atoms with Gasteiger partial charge in [-0.25, -0.2) is 4.98 Å². The summed E-state index contributed by atoms with van der Waals surface area (Å²) < 4.78 is 2.06. The van der Waals surface area contributed by atoms with Gasteiger partial charge in [-0.2, -0.15) is 5.10 Å². The van der Waals surface area contributed by atoms with Crippen molar-refractivity contribution in [1.29, 1.82) is 0 Å². The highest BCUT2D eigenvalue weighted by Gasteiger charge is 2.24. The first-order chi connectivity index (χ1) is 13.2. The van der Waals surface area contributed by atoms with Crippen LogP contribution in [0.2, 0.25) is 0 Å². The van der Waals surface area contributed by atoms with E-state index in [2.05, 4.69) is 25.1 Å². The van der Waals surface area contributed by atoms with E-state index in [1.165, 1.54) is 0 Å². The quantitative estimate of drug-likeness (QED) is 0.521. The van der Waals surface area contributed by atoms with Crippen LogP contribution in [0.15, 0.2) is 54.4 Å². The molecule has 3 N–H and O–H groups in total. The number of imidazole rings is 1. The van der Waals surface area contributed by atoms with Crippen molar-refractivity contribution < 1.29 is 9.90 Å². The zero-order chi connectivity index (χ0) is 18.4. The zero-order valence-corrected chi connectivity index (χ0v) is 14.4. The highest BCUT2D eigenvalue weighted by atomic mass is 16.3. The van der Waals surface area contributed by atoms with Gasteiger partial charge in [-0.1, -0.05) is 12.1 Å². The van der Waals surface area contributed by atoms with E-state index in [-0.39, 0.29) is 18.1 Å². The lowest BCUT2D eigenvalue weighted by atomic mass is 10.0. The van der Waals surface area contributed by atoms with Crippen LogP contribution in [-0.4, -0.2) is 30.8 Å². The van der Waals surface area contributed by atoms with Crippen molar-refractivity contribution in [2.45, 2.75) is 19.4 Å². The predicted octanol–water partition coefficient (Wildman–Crippen LogP) is 3.61. The number of aromatic amines is 1. The minimum Gasteiger partial charge on any atom is -0.512 e. The monoisotopic (exact) mass is 359 g/mol. The molecule has 2 aromatic carbocycles. The third kappa shape index (κ3) is 2.64. The third-order valence-corrected chi connectivity index (χ3v) is 4.91. The van der Waals surface area contributed by atoms with Gasteiger partial charge in [0.2, 0.25) is 5.91 Å². The maximum absolute atomic E-state index is 12.6. The summed E-state index contributed by atoms with van der Waals surface area (Å²) in [4.78, 5) is 17.2. The number of nitrogens with one attached hydrogen (secondary N) is 2. The van der Waals surface area contributed by atoms with E-state index in [1.54, 1.807) is 6.20 Å². The Bertz CT molecular complexity index is 1220. The molecule has 134 valence electrons. The van der Waals surface area contributed by atoms with Crippen LogP contribution in [0.5, 0.6) is 0 Å². The van der Waals surface area contributed by atoms with E-state index in [0.717, 1.165) is 21.9 Å². The molecule has 0 spiro atoms. The van der Waals surface area contributed by atoms with Gasteiger partial charge in [0.25, 0.3) is 0 Å². The number of hydrogen-bond acceptors (Lipinski definition) is 4. The summed E-state index contributed by atoms with van der Waals surface area (Å²) >= 11 is 0. The summed E-state index contributed by atoms with van der Waals surface area (Å²) in [5, 5.41) is 21.1. The summed E-state index contributed by atoms with van der Waals surface area (Å²) in [7, 11) is 0. The maximum Gasteiger partial charge on any atom is 0.229 e. The van der Waals surface area contributed by atoms with Gasteiger partial charge in [-0.3, -0.25) is 9.89 Å². The normalized spacial score (nSPS) is 13.9. The fourth-order valence-electron chi connectivity index (χ4n) is 3.60. The Balaban J connectivity index is 1.43. The average molecular weight is 359 g/mol. The molecule has 7 heteroatoms. The highest BCUT2D eigenvalue weighted by molar-refractivity contribution is 5.99. The molecule has 7 nitrogen and oxygen atoms in total. The molecular weight excluding hydrogens is 342 g/mol. The van der Waals surface area contributed by atoms with Gasteiger partial charge < -0.3 is 15.0 Å². The standard InChI is InChI=1S/C20H17N5O2/c26-18-7-8-25-17-4-2-1-3-16(17)23-20(25)14(18)10-19(27)22-13-5-6-15-12(9-13)11-21-24-15/h1-6,9,11,26H,7-8,10H2,(H,21,24)(H,22,27). The molecule has 1 amide bonds. The van der Waals surface area contributed by atoms with Gasteiger partial charge in [-0.15, -0.1) is 0 Å². The molecule has 0 saturated heterocycles. The number of anilines is 1. The summed E-state index contributed by atoms with van der Waals surface area (Å²) in [6.45, 7) is 0.657. The molecule has 0 saturated carbocycles. The SMILES string of the molecule is O=C(CC1=C(O)CCn2c1nc1ccccc12)Nc1ccc2[nH]ncc2c1. The molecular formula is C20H17N5O2. The van der Waals surface area contributed by atoms with Crippen LogP contribution < -0.4 is 5.32 Å². The fraction of sp³-hybridized carbons (Fsp3) is 0.150. The number of allylic oxidation sites excluding steroid dienone is 1. The number of aromatic nitrogens is 4. The van der Waals surface area contributed by atoms with Gasteiger partial charge in [0.05, 0.1) is 29.2 Å². The van der Waals surface area contributed by atoms with Crippen LogP contribution in [-0.2, 0) is 11.3 Å². The Kier molecular flexibility index (Phi) is 3.46. The summed E-state index contributed by atoms with van der Waals surface area (Å²) in [6.07, 6.45) is 2.28. The largest absolute Gasteiger partial charge is 0.512 e. The van der Waals surface area contributed by atoms with Gasteiger partial charge in [-0.05, 0) is 30.3 Å². The molecule has 4 aromatic rings. The molecule has 3 heterocycles. The molecule has 27 heavy (non-hydrogen) atoms. The molecule has 0 unspecified atom stereocenters. The van der Waals surface area contributed by atoms with Crippen molar-refractivity contribution >= 4 is 39.1 Å². The number of aryl methyl sites for hydroxylation is 1. The number of nitrogens with zero attached hydrogens (tertiary/aromatic N) is 3. The summed E-state index contributed by atoms with van der Waals surface area (Å²) in [5.74, 6) is 0.707. The molecule has 2 aromatic heterocycles. The molecule has 1 aliphatic rings. The van der Waals surface area contributed by atoms with Crippen LogP contribution in [0.1, 0.15) is 18.7 Å². The third-order valence-electron chi connectivity index (χ3n) is 4.91. The Hall–Kier alpha value is -3.61. The lowest BCUT2D eigenvalue weighted by molar-refractivity contribution is -0.115. The average Bonchev–Trinajstić information content (AvgIpc) is 3.28. The van der Waals surface area contributed by atoms with Crippen molar-refractivity contribution in [2.24, 2.45) is 0 Å². The first kappa shape index (κ1) is 15.6. The van der Waals surface area contributed by atoms with Crippen LogP contribution >= 0.6 is 0 Å². The highest BCUT2D eigenvalue weighted by Crippen LogP contribution is 2.31. The second-order valence-corrected chi connectivity index (χ2v) is 6.65. The van der Waals surface area contributed by atoms with Gasteiger partial charge in [0.15, 0.2) is 0 Å². The van der Waals surface area contributed by atoms with Crippen LogP contribution in [0, 0.1) is 0 Å². The van der Waals surface area contributed by atoms with E-state index in [9.17, 15) is 9.90 Å². The van der Waals surface area contributed by atoms with Crippen LogP contribution in [0.3, 0.4) is 0 Å². The van der Waals surface area contributed by atoms with Crippen molar-refractivity contribution in [1.82, 2.24) is 19.7 Å². The predicted molar refractivity (Wildman–Crippen MR) is 103 cm³/mol. The number of carbonyl (C=O) groups is 1. The Morgan fingerprint density at radius 1 is 1.26 bits per heavy atom. The molecule has 0 aliphatic carbocycles. The molecule has 1 aliphatic heterocycles. The fourth-order valence-corrected chi connectivity index (χ4v) is 3.60. The zero-order valence-electron chi connectivity index (χ0n) is 14.4. The topological polar surface area (TPSA) is 95.8 Å². The number of rotatable bonds is 3. The molecule has 0 atom stereocenters. The number of carbonyl (C=O) groups excluding carboxylic acids is 1. The number of fused-ring (bicyclic) bond motifs is 4. The number of aliphatic hydroxyl groups excluding tert-OH is 1. The first-order valence-corrected chi connectivity index (χ1v) is 8.78. The van der Waals surface area contributed by atoms with Gasteiger partial charge >= 0.3 is 0 Å². The second kappa shape index (κ2) is 5.98. The van der Waals surface area contributed by atoms with Gasteiger partial charge in [0.1, 0.15) is 11.6 Å². The maximum atomic E-state index is 12.6. The molecule has 0 fully saturated rings. The Morgan fingerprint density at radius 2 is 2.15 bits per heavy atom. The minimum absolute atomic E-state index is 0.0680. The van der Waals surface area contributed by atoms with Crippen LogP contribution in [0.4, 0.5) is 5.69 Å². The first-order valence-electron chi connectivity index (χ1n) is 8.78. The van der Waals surface area contributed by atoms with E-state index in [4.69, 9.17) is 0 Å². The van der Waals surface area contributed by atoms with Crippen LogP contribution in [0.25, 0.3) is 27.5 Å². The molecule has 0 radical (unpaired) electrons. The number of aliphatic hydroxyl groups is 1. The summed E-state index contributed by atoms with van der Waals surface area (Å²) in [6, 6.07) is 13.4. The molecule has 5 rings (SSSR count). The van der Waals surface area contributed by atoms with E-state index in [0.29, 0.717) is 30.1 Å². The van der Waals surface area contributed by atoms with Crippen molar-refractivity contribution in [3.8, 4) is 0 Å². The smallest absolute Gasteiger partial charge is 0.229 e. The van der Waals surface area contributed by atoms with Crippen molar-refractivity contribution in [3.05, 3.63) is 60.2 Å². The van der Waals surface area contributed by atoms with E-state index < -0.39 is 0 Å². The van der Waals surface area contributed by atoms with E-state index >= 15 is 0 Å². The summed E-state index contributed by atoms with van der Waals surface area (Å²) in [5.41, 5.74) is 4.07. The number of hydrogen-bond donors (Lipinski definition) is 3. The number of H-pyrrole nitrogens is 1. The number of para-hydroxylation sites is 2. The lowest BCUT2D eigenvalue weighted by Crippen LogP contribution is -2.18. The minimum atomic E-state index is -0.195. The molecule has 0 bridgehead atoms. The second-order valence-electron chi connectivity index (χ2n) is 6.65. The van der Waals surface area contributed by atoms with Gasteiger partial charge in [0, 0.05) is 29.6 Å². The van der Waals surface area contributed by atoms with Crippen molar-refractivity contribution in [3.63, 3.8) is 0 Å².